The van der Waals surface area contributed by atoms with Crippen LogP contribution in [0.1, 0.15) is 24.8 Å². The van der Waals surface area contributed by atoms with Gasteiger partial charge in [0.15, 0.2) is 0 Å². The van der Waals surface area contributed by atoms with E-state index in [1.807, 2.05) is 12.1 Å². The second-order valence-electron chi connectivity index (χ2n) is 2.86. The second-order valence-corrected chi connectivity index (χ2v) is 2.86. The highest BCUT2D eigenvalue weighted by molar-refractivity contribution is 5.47. The average molecular weight is 162 g/mol. The lowest BCUT2D eigenvalue weighted by atomic mass is 10.2. The van der Waals surface area contributed by atoms with Crippen LogP contribution in [-0.4, -0.2) is 5.11 Å². The smallest absolute Gasteiger partial charge is 0.115 e. The van der Waals surface area contributed by atoms with E-state index in [0.717, 1.165) is 5.56 Å². The van der Waals surface area contributed by atoms with Crippen LogP contribution in [0.15, 0.2) is 30.8 Å². The van der Waals surface area contributed by atoms with Gasteiger partial charge in [-0.1, -0.05) is 44.1 Å². The molecule has 0 aliphatic heterocycles. The minimum Gasteiger partial charge on any atom is -0.508 e. The molecule has 1 aliphatic carbocycles. The lowest BCUT2D eigenvalue weighted by Crippen LogP contribution is -1.67. The first-order chi connectivity index (χ1) is 5.83. The molecule has 0 aromatic heterocycles. The summed E-state index contributed by atoms with van der Waals surface area (Å²) in [5.74, 6) is 0.292. The molecule has 1 heteroatoms. The molecule has 1 aromatic rings. The van der Waals surface area contributed by atoms with Gasteiger partial charge in [0, 0.05) is 0 Å². The Labute approximate surface area is 73.4 Å². The van der Waals surface area contributed by atoms with E-state index in [9.17, 15) is 0 Å². The van der Waals surface area contributed by atoms with Gasteiger partial charge in [0.2, 0.25) is 0 Å². The quantitative estimate of drug-likeness (QED) is 0.672. The first kappa shape index (κ1) is 8.85. The summed E-state index contributed by atoms with van der Waals surface area (Å²) >= 11 is 0. The van der Waals surface area contributed by atoms with Gasteiger partial charge in [-0.25, -0.2) is 0 Å². The molecule has 1 aliphatic rings. The predicted molar refractivity (Wildman–Crippen MR) is 52.0 cm³/mol. The molecule has 0 atom stereocenters. The van der Waals surface area contributed by atoms with Crippen LogP contribution in [-0.2, 0) is 0 Å². The molecule has 1 saturated carbocycles. The molecule has 1 N–H and O–H groups in total. The van der Waals surface area contributed by atoms with Gasteiger partial charge in [-0.15, -0.1) is 0 Å². The van der Waals surface area contributed by atoms with E-state index in [4.69, 9.17) is 5.11 Å². The Morgan fingerprint density at radius 3 is 1.92 bits per heavy atom. The first-order valence-corrected chi connectivity index (χ1v) is 4.24. The molecule has 0 heterocycles. The van der Waals surface area contributed by atoms with Crippen LogP contribution in [0.3, 0.4) is 0 Å². The van der Waals surface area contributed by atoms with Crippen molar-refractivity contribution >= 4 is 6.08 Å². The van der Waals surface area contributed by atoms with Crippen molar-refractivity contribution in [2.45, 2.75) is 19.3 Å². The molecule has 2 rings (SSSR count). The van der Waals surface area contributed by atoms with E-state index in [1.54, 1.807) is 18.2 Å². The van der Waals surface area contributed by atoms with Crippen molar-refractivity contribution in [3.63, 3.8) is 0 Å². The molecule has 0 radical (unpaired) electrons. The van der Waals surface area contributed by atoms with E-state index >= 15 is 0 Å². The van der Waals surface area contributed by atoms with E-state index in [1.165, 1.54) is 19.3 Å². The highest BCUT2D eigenvalue weighted by Crippen LogP contribution is 2.14. The largest absolute Gasteiger partial charge is 0.508 e. The topological polar surface area (TPSA) is 20.2 Å². The summed E-state index contributed by atoms with van der Waals surface area (Å²) in [5.41, 5.74) is 1.02. The Morgan fingerprint density at radius 1 is 1.08 bits per heavy atom. The summed E-state index contributed by atoms with van der Waals surface area (Å²) < 4.78 is 0. The number of phenols is 1. The maximum Gasteiger partial charge on any atom is 0.115 e. The summed E-state index contributed by atoms with van der Waals surface area (Å²) in [6, 6.07) is 6.89. The van der Waals surface area contributed by atoms with Crippen LogP contribution in [0.25, 0.3) is 6.08 Å². The van der Waals surface area contributed by atoms with Crippen LogP contribution < -0.4 is 0 Å². The van der Waals surface area contributed by atoms with Crippen molar-refractivity contribution in [2.24, 2.45) is 0 Å². The highest BCUT2D eigenvalue weighted by Gasteiger charge is 1.95. The molecule has 12 heavy (non-hydrogen) atoms. The highest BCUT2D eigenvalue weighted by atomic mass is 16.3. The molecule has 0 saturated heterocycles. The van der Waals surface area contributed by atoms with Crippen LogP contribution in [0.4, 0.5) is 0 Å². The number of benzene rings is 1. The number of rotatable bonds is 1. The van der Waals surface area contributed by atoms with Gasteiger partial charge >= 0.3 is 0 Å². The number of hydrogen-bond donors (Lipinski definition) is 1. The Bertz CT molecular complexity index is 231. The molecular weight excluding hydrogens is 148 g/mol. The van der Waals surface area contributed by atoms with Crippen LogP contribution in [0.5, 0.6) is 5.75 Å². The number of hydrogen-bond acceptors (Lipinski definition) is 1. The van der Waals surface area contributed by atoms with Crippen LogP contribution >= 0.6 is 0 Å². The lowest BCUT2D eigenvalue weighted by molar-refractivity contribution is 0.475. The Hall–Kier alpha value is -1.24. The third-order valence-corrected chi connectivity index (χ3v) is 1.48. The molecule has 0 unspecified atom stereocenters. The van der Waals surface area contributed by atoms with Gasteiger partial charge in [0.25, 0.3) is 0 Å². The minimum atomic E-state index is 0.292. The standard InChI is InChI=1S/C8H8O.C3H6/c1-2-7-3-5-8(9)6-4-7;1-2-3-1/h2-6,9H,1H2;1-3H2. The number of aromatic hydroxyl groups is 1. The second kappa shape index (κ2) is 4.60. The Balaban J connectivity index is 0.000000200. The zero-order valence-corrected chi connectivity index (χ0v) is 7.16. The minimum absolute atomic E-state index is 0.292. The molecule has 64 valence electrons. The van der Waals surface area contributed by atoms with Crippen LogP contribution in [0, 0.1) is 0 Å². The molecule has 0 amide bonds. The van der Waals surface area contributed by atoms with Gasteiger partial charge in [0.05, 0.1) is 0 Å². The van der Waals surface area contributed by atoms with Crippen molar-refractivity contribution < 1.29 is 5.11 Å². The number of phenolic OH excluding ortho intramolecular Hbond substituents is 1. The predicted octanol–water partition coefficient (Wildman–Crippen LogP) is 3.21. The zero-order chi connectivity index (χ0) is 8.81. The van der Waals surface area contributed by atoms with E-state index < -0.39 is 0 Å². The van der Waals surface area contributed by atoms with E-state index in [2.05, 4.69) is 6.58 Å². The van der Waals surface area contributed by atoms with E-state index in [-0.39, 0.29) is 0 Å². The molecule has 1 fully saturated rings. The fraction of sp³-hybridized carbons (Fsp3) is 0.273. The summed E-state index contributed by atoms with van der Waals surface area (Å²) in [5, 5.41) is 8.82. The van der Waals surface area contributed by atoms with E-state index in [0.29, 0.717) is 5.75 Å². The van der Waals surface area contributed by atoms with Crippen molar-refractivity contribution in [1.29, 1.82) is 0 Å². The summed E-state index contributed by atoms with van der Waals surface area (Å²) in [4.78, 5) is 0. The maximum atomic E-state index is 8.82. The molecule has 1 nitrogen and oxygen atoms in total. The van der Waals surface area contributed by atoms with Gasteiger partial charge < -0.3 is 5.11 Å². The van der Waals surface area contributed by atoms with Gasteiger partial charge in [-0.05, 0) is 17.7 Å². The Kier molecular flexibility index (Phi) is 3.39. The summed E-state index contributed by atoms with van der Waals surface area (Å²) in [6.45, 7) is 3.58. The monoisotopic (exact) mass is 162 g/mol. The first-order valence-electron chi connectivity index (χ1n) is 4.24. The van der Waals surface area contributed by atoms with Crippen LogP contribution in [0.2, 0.25) is 0 Å². The molecule has 0 spiro atoms. The summed E-state index contributed by atoms with van der Waals surface area (Å²) in [7, 11) is 0. The third kappa shape index (κ3) is 3.81. The molecule has 1 aromatic carbocycles. The third-order valence-electron chi connectivity index (χ3n) is 1.48. The van der Waals surface area contributed by atoms with Crippen molar-refractivity contribution in [3.05, 3.63) is 36.4 Å². The SMILES string of the molecule is C1CC1.C=Cc1ccc(O)cc1. The Morgan fingerprint density at radius 2 is 1.58 bits per heavy atom. The van der Waals surface area contributed by atoms with Gasteiger partial charge in [-0.3, -0.25) is 0 Å². The maximum absolute atomic E-state index is 8.82. The van der Waals surface area contributed by atoms with Gasteiger partial charge in [-0.2, -0.15) is 0 Å². The summed E-state index contributed by atoms with van der Waals surface area (Å²) in [6.07, 6.45) is 6.24. The van der Waals surface area contributed by atoms with Crippen molar-refractivity contribution in [2.75, 3.05) is 0 Å². The molecule has 0 bridgehead atoms. The average Bonchev–Trinajstić information content (AvgIpc) is 2.92. The zero-order valence-electron chi connectivity index (χ0n) is 7.16. The lowest BCUT2D eigenvalue weighted by Gasteiger charge is -1.90. The fourth-order valence-corrected chi connectivity index (χ4v) is 0.610. The fourth-order valence-electron chi connectivity index (χ4n) is 0.610. The van der Waals surface area contributed by atoms with Gasteiger partial charge in [0.1, 0.15) is 5.75 Å². The molecular formula is C11H14O. The van der Waals surface area contributed by atoms with Crippen molar-refractivity contribution in [3.8, 4) is 5.75 Å². The normalized spacial score (nSPS) is 12.7. The van der Waals surface area contributed by atoms with Crippen molar-refractivity contribution in [1.82, 2.24) is 0 Å².